The molecule has 6 heteroatoms. The lowest BCUT2D eigenvalue weighted by atomic mass is 10.1. The van der Waals surface area contributed by atoms with Gasteiger partial charge in [0.1, 0.15) is 13.2 Å². The van der Waals surface area contributed by atoms with E-state index in [4.69, 9.17) is 14.2 Å². The largest absolute Gasteiger partial charge is 0.462 e. The van der Waals surface area contributed by atoms with E-state index in [2.05, 4.69) is 93.7 Å². The van der Waals surface area contributed by atoms with Crippen molar-refractivity contribution in [2.75, 3.05) is 13.2 Å². The first-order valence-corrected chi connectivity index (χ1v) is 26.4. The molecule has 0 fully saturated rings. The fourth-order valence-corrected chi connectivity index (χ4v) is 7.23. The molecule has 0 aromatic rings. The van der Waals surface area contributed by atoms with Gasteiger partial charge in [0.05, 0.1) is 0 Å². The SMILES string of the molecule is CC/C=C\C/C=C\C/C=C\C/C=C\CCCCCCCCCCCCC(=O)OCC(COC(=O)CCCCCCCC)OC(=O)CCCCCCC/C=C\C/C=C\CCCCCC. The third-order valence-corrected chi connectivity index (χ3v) is 11.2. The van der Waals surface area contributed by atoms with Gasteiger partial charge in [-0.05, 0) is 89.9 Å². The van der Waals surface area contributed by atoms with Crippen molar-refractivity contribution >= 4 is 17.9 Å². The van der Waals surface area contributed by atoms with E-state index in [1.807, 2.05) is 0 Å². The third kappa shape index (κ3) is 49.7. The van der Waals surface area contributed by atoms with E-state index < -0.39 is 6.10 Å². The average molecular weight is 879 g/mol. The Bertz CT molecular complexity index is 1190. The zero-order valence-electron chi connectivity index (χ0n) is 41.3. The van der Waals surface area contributed by atoms with Crippen LogP contribution in [0, 0.1) is 0 Å². The van der Waals surface area contributed by atoms with Crippen molar-refractivity contribution < 1.29 is 28.6 Å². The predicted molar refractivity (Wildman–Crippen MR) is 270 cm³/mol. The van der Waals surface area contributed by atoms with Gasteiger partial charge in [0, 0.05) is 19.3 Å². The molecule has 0 aliphatic heterocycles. The smallest absolute Gasteiger partial charge is 0.306 e. The summed E-state index contributed by atoms with van der Waals surface area (Å²) in [5.74, 6) is -0.908. The van der Waals surface area contributed by atoms with Crippen molar-refractivity contribution in [1.82, 2.24) is 0 Å². The Labute approximate surface area is 389 Å². The van der Waals surface area contributed by atoms with Gasteiger partial charge >= 0.3 is 17.9 Å². The second kappa shape index (κ2) is 51.5. The molecule has 0 spiro atoms. The van der Waals surface area contributed by atoms with E-state index >= 15 is 0 Å². The van der Waals surface area contributed by atoms with Crippen LogP contribution in [-0.2, 0) is 28.6 Å². The molecular weight excluding hydrogens is 781 g/mol. The number of allylic oxidation sites excluding steroid dienone is 12. The lowest BCUT2D eigenvalue weighted by Gasteiger charge is -2.18. The van der Waals surface area contributed by atoms with E-state index in [1.54, 1.807) is 0 Å². The molecule has 1 atom stereocenters. The number of ether oxygens (including phenoxy) is 3. The van der Waals surface area contributed by atoms with Crippen LogP contribution in [0.25, 0.3) is 0 Å². The Morgan fingerprint density at radius 3 is 0.984 bits per heavy atom. The van der Waals surface area contributed by atoms with Crippen LogP contribution in [0.3, 0.4) is 0 Å². The molecule has 0 saturated heterocycles. The standard InChI is InChI=1S/C57H98O6/c1-4-7-10-13-16-18-20-22-24-26-27-28-29-30-31-32-34-35-37-39-41-44-47-50-56(59)62-53-54(52-61-55(58)49-46-43-15-12-9-6-3)63-57(60)51-48-45-42-40-38-36-33-25-23-21-19-17-14-11-8-5-2/h7,10,16,18-19,21-22,24-25,27-28,33,54H,4-6,8-9,11-15,17,20,23,26,29-32,34-53H2,1-3H3/b10-7-,18-16-,21-19-,24-22-,28-27-,33-25-. The van der Waals surface area contributed by atoms with Crippen LogP contribution in [0.5, 0.6) is 0 Å². The highest BCUT2D eigenvalue weighted by atomic mass is 16.6. The highest BCUT2D eigenvalue weighted by Crippen LogP contribution is 2.14. The monoisotopic (exact) mass is 879 g/mol. The zero-order valence-corrected chi connectivity index (χ0v) is 41.3. The number of unbranched alkanes of at least 4 members (excludes halogenated alkanes) is 24. The minimum absolute atomic E-state index is 0.0821. The molecule has 63 heavy (non-hydrogen) atoms. The summed E-state index contributed by atoms with van der Waals surface area (Å²) in [7, 11) is 0. The summed E-state index contributed by atoms with van der Waals surface area (Å²) in [6.45, 7) is 6.44. The number of carbonyl (C=O) groups excluding carboxylic acids is 3. The number of rotatable bonds is 47. The van der Waals surface area contributed by atoms with Crippen LogP contribution in [0.4, 0.5) is 0 Å². The first-order valence-electron chi connectivity index (χ1n) is 26.4. The van der Waals surface area contributed by atoms with Gasteiger partial charge in [-0.25, -0.2) is 0 Å². The second-order valence-corrected chi connectivity index (χ2v) is 17.4. The van der Waals surface area contributed by atoms with Gasteiger partial charge in [0.15, 0.2) is 6.10 Å². The van der Waals surface area contributed by atoms with Gasteiger partial charge in [0.25, 0.3) is 0 Å². The maximum absolute atomic E-state index is 12.7. The Morgan fingerprint density at radius 2 is 0.619 bits per heavy atom. The van der Waals surface area contributed by atoms with Crippen LogP contribution in [-0.4, -0.2) is 37.2 Å². The molecule has 0 aromatic heterocycles. The molecule has 0 saturated carbocycles. The maximum atomic E-state index is 12.7. The number of carbonyl (C=O) groups is 3. The van der Waals surface area contributed by atoms with Crippen molar-refractivity contribution in [2.45, 2.75) is 258 Å². The molecule has 0 N–H and O–H groups in total. The molecule has 0 amide bonds. The molecule has 0 aliphatic rings. The summed E-state index contributed by atoms with van der Waals surface area (Å²) in [6.07, 6.45) is 64.8. The normalized spacial score (nSPS) is 12.6. The summed E-state index contributed by atoms with van der Waals surface area (Å²) in [5, 5.41) is 0. The number of esters is 3. The van der Waals surface area contributed by atoms with Gasteiger partial charge in [-0.3, -0.25) is 14.4 Å². The fraction of sp³-hybridized carbons (Fsp3) is 0.737. The van der Waals surface area contributed by atoms with Crippen molar-refractivity contribution in [1.29, 1.82) is 0 Å². The van der Waals surface area contributed by atoms with Crippen LogP contribution in [0.15, 0.2) is 72.9 Å². The van der Waals surface area contributed by atoms with Gasteiger partial charge in [-0.15, -0.1) is 0 Å². The molecule has 1 unspecified atom stereocenters. The van der Waals surface area contributed by atoms with Crippen LogP contribution in [0.1, 0.15) is 252 Å². The molecule has 0 bridgehead atoms. The van der Waals surface area contributed by atoms with Crippen molar-refractivity contribution in [3.8, 4) is 0 Å². The van der Waals surface area contributed by atoms with E-state index in [0.717, 1.165) is 109 Å². The Kier molecular flexibility index (Phi) is 48.9. The van der Waals surface area contributed by atoms with E-state index in [0.29, 0.717) is 19.3 Å². The summed E-state index contributed by atoms with van der Waals surface area (Å²) < 4.78 is 16.7. The first-order chi connectivity index (χ1) is 31.0. The molecule has 6 nitrogen and oxygen atoms in total. The topological polar surface area (TPSA) is 78.9 Å². The Morgan fingerprint density at radius 1 is 0.333 bits per heavy atom. The average Bonchev–Trinajstić information content (AvgIpc) is 3.28. The minimum atomic E-state index is -0.780. The summed E-state index contributed by atoms with van der Waals surface area (Å²) >= 11 is 0. The number of hydrogen-bond donors (Lipinski definition) is 0. The van der Waals surface area contributed by atoms with E-state index in [9.17, 15) is 14.4 Å². The quantitative estimate of drug-likeness (QED) is 0.0262. The van der Waals surface area contributed by atoms with E-state index in [1.165, 1.54) is 103 Å². The summed E-state index contributed by atoms with van der Waals surface area (Å²) in [5.41, 5.74) is 0. The minimum Gasteiger partial charge on any atom is -0.462 e. The van der Waals surface area contributed by atoms with E-state index in [-0.39, 0.29) is 31.1 Å². The number of hydrogen-bond acceptors (Lipinski definition) is 6. The molecular formula is C57H98O6. The van der Waals surface area contributed by atoms with Crippen LogP contribution in [0.2, 0.25) is 0 Å². The molecule has 0 radical (unpaired) electrons. The fourth-order valence-electron chi connectivity index (χ4n) is 7.23. The van der Waals surface area contributed by atoms with Gasteiger partial charge in [0.2, 0.25) is 0 Å². The molecule has 362 valence electrons. The lowest BCUT2D eigenvalue weighted by Crippen LogP contribution is -2.30. The van der Waals surface area contributed by atoms with Gasteiger partial charge in [-0.2, -0.15) is 0 Å². The second-order valence-electron chi connectivity index (χ2n) is 17.4. The van der Waals surface area contributed by atoms with Crippen LogP contribution >= 0.6 is 0 Å². The predicted octanol–water partition coefficient (Wildman–Crippen LogP) is 17.4. The molecule has 0 heterocycles. The zero-order chi connectivity index (χ0) is 45.8. The van der Waals surface area contributed by atoms with Gasteiger partial charge < -0.3 is 14.2 Å². The third-order valence-electron chi connectivity index (χ3n) is 11.2. The summed E-state index contributed by atoms with van der Waals surface area (Å²) in [4.78, 5) is 37.8. The van der Waals surface area contributed by atoms with Crippen LogP contribution < -0.4 is 0 Å². The Balaban J connectivity index is 4.19. The highest BCUT2D eigenvalue weighted by molar-refractivity contribution is 5.71. The summed E-state index contributed by atoms with van der Waals surface area (Å²) in [6, 6.07) is 0. The lowest BCUT2D eigenvalue weighted by molar-refractivity contribution is -0.167. The Hall–Kier alpha value is -3.15. The molecule has 0 aliphatic carbocycles. The van der Waals surface area contributed by atoms with Crippen molar-refractivity contribution in [3.05, 3.63) is 72.9 Å². The molecule has 0 rings (SSSR count). The maximum Gasteiger partial charge on any atom is 0.306 e. The van der Waals surface area contributed by atoms with Crippen molar-refractivity contribution in [3.63, 3.8) is 0 Å². The molecule has 0 aromatic carbocycles. The van der Waals surface area contributed by atoms with Gasteiger partial charge in [-0.1, -0.05) is 216 Å². The highest BCUT2D eigenvalue weighted by Gasteiger charge is 2.19. The first kappa shape index (κ1) is 59.9. The van der Waals surface area contributed by atoms with Crippen molar-refractivity contribution in [2.24, 2.45) is 0 Å².